The molecular weight excluding hydrogens is 348 g/mol. The van der Waals surface area contributed by atoms with E-state index in [2.05, 4.69) is 36.7 Å². The fraction of sp³-hybridized carbons (Fsp3) is 0.200. The summed E-state index contributed by atoms with van der Waals surface area (Å²) < 4.78 is 3.19. The molecule has 0 unspecified atom stereocenters. The first-order chi connectivity index (χ1) is 12.2. The lowest BCUT2D eigenvalue weighted by Crippen LogP contribution is -2.16. The van der Waals surface area contributed by atoms with Gasteiger partial charge in [-0.05, 0) is 42.5 Å². The zero-order valence-corrected chi connectivity index (χ0v) is 16.0. The summed E-state index contributed by atoms with van der Waals surface area (Å²) in [5.41, 5.74) is 3.02. The number of amides is 1. The van der Waals surface area contributed by atoms with Crippen molar-refractivity contribution in [1.29, 1.82) is 0 Å². The predicted molar refractivity (Wildman–Crippen MR) is 108 cm³/mol. The molecule has 128 valence electrons. The van der Waals surface area contributed by atoms with E-state index in [1.165, 1.54) is 5.56 Å². The number of thiazole rings is 1. The zero-order chi connectivity index (χ0) is 17.8. The van der Waals surface area contributed by atoms with Crippen LogP contribution < -0.4 is 4.80 Å². The minimum Gasteiger partial charge on any atom is -0.312 e. The van der Waals surface area contributed by atoms with E-state index in [4.69, 9.17) is 0 Å². The van der Waals surface area contributed by atoms with Gasteiger partial charge in [-0.15, -0.1) is 18.3 Å². The smallest absolute Gasteiger partial charge is 0.280 e. The average molecular weight is 369 g/mol. The summed E-state index contributed by atoms with van der Waals surface area (Å²) in [6.07, 6.45) is 4.79. The molecule has 0 radical (unpaired) electrons. The normalized spacial score (nSPS) is 11.8. The minimum absolute atomic E-state index is 0.204. The Morgan fingerprint density at radius 1 is 1.32 bits per heavy atom. The Kier molecular flexibility index (Phi) is 5.56. The number of allylic oxidation sites excluding steroid dienone is 1. The molecule has 1 amide bonds. The number of aryl methyl sites for hydroxylation is 1. The third kappa shape index (κ3) is 3.62. The second-order valence-electron chi connectivity index (χ2n) is 5.56. The first kappa shape index (κ1) is 17.7. The van der Waals surface area contributed by atoms with Crippen molar-refractivity contribution < 1.29 is 4.79 Å². The van der Waals surface area contributed by atoms with Gasteiger partial charge >= 0.3 is 0 Å². The number of hydrogen-bond acceptors (Lipinski definition) is 3. The summed E-state index contributed by atoms with van der Waals surface area (Å²) in [6.45, 7) is 6.60. The summed E-state index contributed by atoms with van der Waals surface area (Å²) in [5, 5.41) is 0. The molecule has 0 N–H and O–H groups in total. The number of benzene rings is 2. The van der Waals surface area contributed by atoms with E-state index in [-0.39, 0.29) is 5.91 Å². The first-order valence-electron chi connectivity index (χ1n) is 8.13. The van der Waals surface area contributed by atoms with Gasteiger partial charge in [0.1, 0.15) is 0 Å². The number of carbonyl (C=O) groups is 1. The molecule has 1 aromatic heterocycles. The van der Waals surface area contributed by atoms with Gasteiger partial charge in [0.2, 0.25) is 0 Å². The van der Waals surface area contributed by atoms with E-state index in [0.717, 1.165) is 21.5 Å². The molecule has 1 heterocycles. The number of hydrogen-bond donors (Lipinski definition) is 0. The highest BCUT2D eigenvalue weighted by molar-refractivity contribution is 7.98. The summed E-state index contributed by atoms with van der Waals surface area (Å²) >= 11 is 3.11. The fourth-order valence-electron chi connectivity index (χ4n) is 2.70. The second-order valence-corrected chi connectivity index (χ2v) is 7.41. The number of carbonyl (C=O) groups excluding carboxylic acids is 1. The molecule has 25 heavy (non-hydrogen) atoms. The Balaban J connectivity index is 2.16. The fourth-order valence-corrected chi connectivity index (χ4v) is 4.39. The van der Waals surface area contributed by atoms with E-state index in [9.17, 15) is 4.79 Å². The van der Waals surface area contributed by atoms with Gasteiger partial charge in [0.25, 0.3) is 5.91 Å². The number of aromatic nitrogens is 1. The Morgan fingerprint density at radius 2 is 2.12 bits per heavy atom. The number of thioether (sulfide) groups is 1. The molecule has 0 fully saturated rings. The van der Waals surface area contributed by atoms with Crippen LogP contribution in [0.2, 0.25) is 0 Å². The van der Waals surface area contributed by atoms with Crippen LogP contribution in [0.3, 0.4) is 0 Å². The van der Waals surface area contributed by atoms with Crippen LogP contribution in [0.15, 0.2) is 65.0 Å². The van der Waals surface area contributed by atoms with Gasteiger partial charge in [0, 0.05) is 11.4 Å². The summed E-state index contributed by atoms with van der Waals surface area (Å²) in [5.74, 6) is -0.204. The van der Waals surface area contributed by atoms with E-state index in [1.807, 2.05) is 41.2 Å². The maximum absolute atomic E-state index is 12.7. The first-order valence-corrected chi connectivity index (χ1v) is 10.2. The Labute approximate surface area is 155 Å². The van der Waals surface area contributed by atoms with E-state index in [0.29, 0.717) is 16.9 Å². The van der Waals surface area contributed by atoms with Crippen LogP contribution >= 0.6 is 23.1 Å². The molecule has 0 atom stereocenters. The van der Waals surface area contributed by atoms with Crippen molar-refractivity contribution in [2.75, 3.05) is 6.26 Å². The molecule has 0 bridgehead atoms. The van der Waals surface area contributed by atoms with Gasteiger partial charge in [0.05, 0.1) is 15.8 Å². The highest BCUT2D eigenvalue weighted by Crippen LogP contribution is 2.22. The van der Waals surface area contributed by atoms with Crippen molar-refractivity contribution in [3.8, 4) is 0 Å². The lowest BCUT2D eigenvalue weighted by atomic mass is 10.2. The molecule has 0 aliphatic heterocycles. The topological polar surface area (TPSA) is 34.4 Å². The third-order valence-corrected chi connectivity index (χ3v) is 5.84. The number of fused-ring (bicyclic) bond motifs is 1. The predicted octanol–water partition coefficient (Wildman–Crippen LogP) is 4.91. The SMILES string of the molecule is C=CCn1c(=NC(=O)c2ccccc2SC)sc2cc(CC)ccc21. The molecular formula is C20H20N2OS2. The molecule has 0 aliphatic rings. The Morgan fingerprint density at radius 3 is 2.84 bits per heavy atom. The third-order valence-electron chi connectivity index (χ3n) is 4.00. The van der Waals surface area contributed by atoms with Gasteiger partial charge in [-0.1, -0.05) is 42.5 Å². The minimum atomic E-state index is -0.204. The Hall–Kier alpha value is -2.11. The maximum Gasteiger partial charge on any atom is 0.280 e. The van der Waals surface area contributed by atoms with Crippen molar-refractivity contribution in [1.82, 2.24) is 4.57 Å². The van der Waals surface area contributed by atoms with Crippen LogP contribution in [0.5, 0.6) is 0 Å². The highest BCUT2D eigenvalue weighted by atomic mass is 32.2. The van der Waals surface area contributed by atoms with Crippen LogP contribution in [-0.4, -0.2) is 16.7 Å². The molecule has 3 aromatic rings. The Bertz CT molecular complexity index is 998. The van der Waals surface area contributed by atoms with Crippen molar-refractivity contribution in [3.63, 3.8) is 0 Å². The molecule has 3 nitrogen and oxygen atoms in total. The second kappa shape index (κ2) is 7.85. The maximum atomic E-state index is 12.7. The van der Waals surface area contributed by atoms with E-state index in [1.54, 1.807) is 23.1 Å². The van der Waals surface area contributed by atoms with E-state index < -0.39 is 0 Å². The van der Waals surface area contributed by atoms with Gasteiger partial charge in [-0.25, -0.2) is 0 Å². The van der Waals surface area contributed by atoms with Crippen molar-refractivity contribution >= 4 is 39.2 Å². The molecule has 0 saturated carbocycles. The van der Waals surface area contributed by atoms with Crippen LogP contribution in [0, 0.1) is 0 Å². The van der Waals surface area contributed by atoms with E-state index >= 15 is 0 Å². The van der Waals surface area contributed by atoms with Crippen molar-refractivity contribution in [2.24, 2.45) is 4.99 Å². The lowest BCUT2D eigenvalue weighted by molar-refractivity contribution is 0.0995. The molecule has 3 rings (SSSR count). The van der Waals surface area contributed by atoms with Gasteiger partial charge < -0.3 is 4.57 Å². The van der Waals surface area contributed by atoms with Crippen molar-refractivity contribution in [3.05, 3.63) is 71.0 Å². The molecule has 2 aromatic carbocycles. The number of nitrogens with zero attached hydrogens (tertiary/aromatic N) is 2. The molecule has 5 heteroatoms. The molecule has 0 spiro atoms. The van der Waals surface area contributed by atoms with Gasteiger partial charge in [0.15, 0.2) is 4.80 Å². The highest BCUT2D eigenvalue weighted by Gasteiger charge is 2.11. The van der Waals surface area contributed by atoms with Crippen LogP contribution in [0.4, 0.5) is 0 Å². The quantitative estimate of drug-likeness (QED) is 0.473. The van der Waals surface area contributed by atoms with Crippen LogP contribution in [0.25, 0.3) is 10.2 Å². The molecule has 0 aliphatic carbocycles. The largest absolute Gasteiger partial charge is 0.312 e. The summed E-state index contributed by atoms with van der Waals surface area (Å²) in [6, 6.07) is 14.0. The van der Waals surface area contributed by atoms with Crippen LogP contribution in [-0.2, 0) is 13.0 Å². The van der Waals surface area contributed by atoms with Crippen LogP contribution in [0.1, 0.15) is 22.8 Å². The lowest BCUT2D eigenvalue weighted by Gasteiger charge is -2.03. The monoisotopic (exact) mass is 368 g/mol. The molecule has 0 saturated heterocycles. The standard InChI is InChI=1S/C20H20N2OS2/c1-4-12-22-16-11-10-14(5-2)13-18(16)25-20(22)21-19(23)15-8-6-7-9-17(15)24-3/h4,6-11,13H,1,5,12H2,2-3H3. The summed E-state index contributed by atoms with van der Waals surface area (Å²) in [7, 11) is 0. The number of rotatable bonds is 5. The van der Waals surface area contributed by atoms with Gasteiger partial charge in [-0.3, -0.25) is 4.79 Å². The van der Waals surface area contributed by atoms with Crippen molar-refractivity contribution in [2.45, 2.75) is 24.8 Å². The zero-order valence-electron chi connectivity index (χ0n) is 14.4. The van der Waals surface area contributed by atoms with Gasteiger partial charge in [-0.2, -0.15) is 4.99 Å². The summed E-state index contributed by atoms with van der Waals surface area (Å²) in [4.78, 5) is 18.8. The average Bonchev–Trinajstić information content (AvgIpc) is 2.98.